The highest BCUT2D eigenvalue weighted by atomic mass is 16.5. The third-order valence-corrected chi connectivity index (χ3v) is 2.59. The van der Waals surface area contributed by atoms with Crippen molar-refractivity contribution in [3.05, 3.63) is 48.2 Å². The van der Waals surface area contributed by atoms with Crippen molar-refractivity contribution in [2.45, 2.75) is 26.5 Å². The Morgan fingerprint density at radius 2 is 1.95 bits per heavy atom. The van der Waals surface area contributed by atoms with E-state index in [4.69, 9.17) is 10.5 Å². The molecule has 0 aliphatic heterocycles. The van der Waals surface area contributed by atoms with Gasteiger partial charge < -0.3 is 15.8 Å². The fourth-order valence-corrected chi connectivity index (χ4v) is 1.69. The van der Waals surface area contributed by atoms with Crippen LogP contribution in [0.2, 0.25) is 0 Å². The summed E-state index contributed by atoms with van der Waals surface area (Å²) in [7, 11) is 0. The molecule has 0 saturated heterocycles. The molecular weight excluding hydrogens is 238 g/mol. The van der Waals surface area contributed by atoms with Crippen LogP contribution in [0.1, 0.15) is 19.4 Å². The highest BCUT2D eigenvalue weighted by Crippen LogP contribution is 2.25. The van der Waals surface area contributed by atoms with E-state index in [0.717, 1.165) is 22.8 Å². The third kappa shape index (κ3) is 3.69. The molecule has 0 unspecified atom stereocenters. The van der Waals surface area contributed by atoms with Gasteiger partial charge in [-0.25, -0.2) is 4.98 Å². The van der Waals surface area contributed by atoms with Crippen molar-refractivity contribution in [3.8, 4) is 5.75 Å². The van der Waals surface area contributed by atoms with Gasteiger partial charge in [0.05, 0.1) is 6.10 Å². The summed E-state index contributed by atoms with van der Waals surface area (Å²) < 4.78 is 5.72. The van der Waals surface area contributed by atoms with Crippen LogP contribution in [0.15, 0.2) is 42.6 Å². The van der Waals surface area contributed by atoms with Crippen LogP contribution in [-0.2, 0) is 6.54 Å². The minimum Gasteiger partial charge on any atom is -0.487 e. The average Bonchev–Trinajstić information content (AvgIpc) is 2.41. The van der Waals surface area contributed by atoms with Crippen LogP contribution in [-0.4, -0.2) is 11.1 Å². The van der Waals surface area contributed by atoms with Crippen LogP contribution in [0.25, 0.3) is 0 Å². The van der Waals surface area contributed by atoms with Crippen molar-refractivity contribution in [2.24, 2.45) is 5.73 Å². The van der Waals surface area contributed by atoms with Gasteiger partial charge in [0.25, 0.3) is 0 Å². The lowest BCUT2D eigenvalue weighted by Crippen LogP contribution is -2.08. The Bertz CT molecular complexity index is 523. The highest BCUT2D eigenvalue weighted by molar-refractivity contribution is 5.62. The molecule has 0 radical (unpaired) electrons. The molecule has 1 aromatic heterocycles. The molecule has 19 heavy (non-hydrogen) atoms. The first-order valence-electron chi connectivity index (χ1n) is 6.36. The Morgan fingerprint density at radius 1 is 1.21 bits per heavy atom. The molecule has 0 fully saturated rings. The molecule has 0 bridgehead atoms. The Kier molecular flexibility index (Phi) is 4.36. The predicted octanol–water partition coefficient (Wildman–Crippen LogP) is 3.07. The molecule has 3 N–H and O–H groups in total. The van der Waals surface area contributed by atoms with Gasteiger partial charge in [0.15, 0.2) is 11.6 Å². The van der Waals surface area contributed by atoms with Gasteiger partial charge in [0.1, 0.15) is 0 Å². The molecule has 1 heterocycles. The number of pyridine rings is 1. The van der Waals surface area contributed by atoms with E-state index in [1.165, 1.54) is 0 Å². The number of nitrogens with zero attached hydrogens (tertiary/aromatic N) is 1. The molecule has 0 atom stereocenters. The van der Waals surface area contributed by atoms with E-state index in [0.29, 0.717) is 6.54 Å². The smallest absolute Gasteiger partial charge is 0.173 e. The Morgan fingerprint density at radius 3 is 2.58 bits per heavy atom. The summed E-state index contributed by atoms with van der Waals surface area (Å²) in [5, 5.41) is 3.25. The number of rotatable bonds is 5. The lowest BCUT2D eigenvalue weighted by Gasteiger charge is -2.14. The standard InChI is InChI=1S/C15H19N3O/c1-11(2)19-14-4-3-9-17-15(14)18-13-7-5-12(10-16)6-8-13/h3-9,11H,10,16H2,1-2H3,(H,17,18). The molecule has 1 aromatic carbocycles. The van der Waals surface area contributed by atoms with Crippen molar-refractivity contribution >= 4 is 11.5 Å². The zero-order valence-electron chi connectivity index (χ0n) is 11.3. The molecule has 4 nitrogen and oxygen atoms in total. The maximum Gasteiger partial charge on any atom is 0.173 e. The number of hydrogen-bond acceptors (Lipinski definition) is 4. The van der Waals surface area contributed by atoms with Gasteiger partial charge in [0.2, 0.25) is 0 Å². The SMILES string of the molecule is CC(C)Oc1cccnc1Nc1ccc(CN)cc1. The van der Waals surface area contributed by atoms with Crippen LogP contribution >= 0.6 is 0 Å². The van der Waals surface area contributed by atoms with E-state index in [2.05, 4.69) is 10.3 Å². The summed E-state index contributed by atoms with van der Waals surface area (Å²) in [4.78, 5) is 4.31. The number of benzene rings is 1. The molecule has 100 valence electrons. The number of nitrogens with two attached hydrogens (primary N) is 1. The van der Waals surface area contributed by atoms with E-state index in [9.17, 15) is 0 Å². The number of nitrogens with one attached hydrogen (secondary N) is 1. The van der Waals surface area contributed by atoms with Gasteiger partial charge in [-0.1, -0.05) is 12.1 Å². The van der Waals surface area contributed by atoms with E-state index in [1.807, 2.05) is 50.2 Å². The Hall–Kier alpha value is -2.07. The molecular formula is C15H19N3O. The van der Waals surface area contributed by atoms with Crippen LogP contribution < -0.4 is 15.8 Å². The lowest BCUT2D eigenvalue weighted by molar-refractivity contribution is 0.243. The van der Waals surface area contributed by atoms with E-state index < -0.39 is 0 Å². The maximum absolute atomic E-state index is 5.72. The van der Waals surface area contributed by atoms with Gasteiger partial charge in [-0.05, 0) is 43.7 Å². The van der Waals surface area contributed by atoms with Gasteiger partial charge in [-0.3, -0.25) is 0 Å². The predicted molar refractivity (Wildman–Crippen MR) is 77.6 cm³/mol. The van der Waals surface area contributed by atoms with Gasteiger partial charge >= 0.3 is 0 Å². The first-order chi connectivity index (χ1) is 9.19. The molecule has 0 spiro atoms. The van der Waals surface area contributed by atoms with Gasteiger partial charge in [-0.15, -0.1) is 0 Å². The minimum absolute atomic E-state index is 0.115. The van der Waals surface area contributed by atoms with Crippen LogP contribution in [0.3, 0.4) is 0 Å². The summed E-state index contributed by atoms with van der Waals surface area (Å²) in [5.74, 6) is 1.47. The summed E-state index contributed by atoms with van der Waals surface area (Å²) >= 11 is 0. The zero-order valence-corrected chi connectivity index (χ0v) is 11.3. The quantitative estimate of drug-likeness (QED) is 0.864. The van der Waals surface area contributed by atoms with Gasteiger partial charge in [0, 0.05) is 18.4 Å². The number of hydrogen-bond donors (Lipinski definition) is 2. The van der Waals surface area contributed by atoms with Gasteiger partial charge in [-0.2, -0.15) is 0 Å². The molecule has 0 saturated carbocycles. The molecule has 0 amide bonds. The second kappa shape index (κ2) is 6.20. The monoisotopic (exact) mass is 257 g/mol. The summed E-state index contributed by atoms with van der Waals surface area (Å²) in [6, 6.07) is 11.7. The van der Waals surface area contributed by atoms with Crippen molar-refractivity contribution in [3.63, 3.8) is 0 Å². The van der Waals surface area contributed by atoms with Crippen molar-refractivity contribution in [1.29, 1.82) is 0 Å². The Balaban J connectivity index is 2.17. The highest BCUT2D eigenvalue weighted by Gasteiger charge is 2.06. The first kappa shape index (κ1) is 13.4. The van der Waals surface area contributed by atoms with E-state index in [1.54, 1.807) is 6.20 Å². The van der Waals surface area contributed by atoms with Crippen molar-refractivity contribution in [1.82, 2.24) is 4.98 Å². The third-order valence-electron chi connectivity index (χ3n) is 2.59. The summed E-state index contributed by atoms with van der Waals surface area (Å²) in [6.07, 6.45) is 1.86. The second-order valence-corrected chi connectivity index (χ2v) is 4.54. The molecule has 2 aromatic rings. The number of anilines is 2. The van der Waals surface area contributed by atoms with Crippen LogP contribution in [0.5, 0.6) is 5.75 Å². The fourth-order valence-electron chi connectivity index (χ4n) is 1.69. The average molecular weight is 257 g/mol. The zero-order chi connectivity index (χ0) is 13.7. The molecule has 2 rings (SSSR count). The first-order valence-corrected chi connectivity index (χ1v) is 6.36. The topological polar surface area (TPSA) is 60.2 Å². The summed E-state index contributed by atoms with van der Waals surface area (Å²) in [6.45, 7) is 4.53. The number of ether oxygens (including phenoxy) is 1. The second-order valence-electron chi connectivity index (χ2n) is 4.54. The lowest BCUT2D eigenvalue weighted by atomic mass is 10.2. The van der Waals surface area contributed by atoms with Crippen LogP contribution in [0, 0.1) is 0 Å². The fraction of sp³-hybridized carbons (Fsp3) is 0.267. The largest absolute Gasteiger partial charge is 0.487 e. The number of aromatic nitrogens is 1. The molecule has 0 aliphatic rings. The minimum atomic E-state index is 0.115. The summed E-state index contributed by atoms with van der Waals surface area (Å²) in [5.41, 5.74) is 7.64. The van der Waals surface area contributed by atoms with Crippen molar-refractivity contribution in [2.75, 3.05) is 5.32 Å². The van der Waals surface area contributed by atoms with Crippen LogP contribution in [0.4, 0.5) is 11.5 Å². The van der Waals surface area contributed by atoms with E-state index >= 15 is 0 Å². The Labute approximate surface area is 113 Å². The molecule has 4 heteroatoms. The molecule has 0 aliphatic carbocycles. The van der Waals surface area contributed by atoms with Crippen molar-refractivity contribution < 1.29 is 4.74 Å². The maximum atomic E-state index is 5.72. The normalized spacial score (nSPS) is 10.5. The van der Waals surface area contributed by atoms with E-state index in [-0.39, 0.29) is 6.10 Å².